The minimum absolute atomic E-state index is 0.153. The Labute approximate surface area is 128 Å². The van der Waals surface area contributed by atoms with Gasteiger partial charge in [0.05, 0.1) is 10.5 Å². The molecule has 0 aliphatic rings. The van der Waals surface area contributed by atoms with Crippen LogP contribution in [0.3, 0.4) is 0 Å². The lowest BCUT2D eigenvalue weighted by Gasteiger charge is -2.28. The highest BCUT2D eigenvalue weighted by atomic mass is 32.2. The van der Waals surface area contributed by atoms with E-state index in [9.17, 15) is 13.5 Å². The van der Waals surface area contributed by atoms with E-state index < -0.39 is 15.4 Å². The van der Waals surface area contributed by atoms with Crippen molar-refractivity contribution in [2.75, 3.05) is 6.26 Å². The molecule has 1 aromatic carbocycles. The van der Waals surface area contributed by atoms with Crippen molar-refractivity contribution in [1.82, 2.24) is 0 Å². The highest BCUT2D eigenvalue weighted by Gasteiger charge is 2.30. The highest BCUT2D eigenvalue weighted by molar-refractivity contribution is 7.90. The van der Waals surface area contributed by atoms with E-state index in [1.165, 1.54) is 6.26 Å². The molecule has 0 aromatic heterocycles. The van der Waals surface area contributed by atoms with E-state index in [4.69, 9.17) is 0 Å². The minimum atomic E-state index is -3.48. The topological polar surface area (TPSA) is 54.4 Å². The maximum Gasteiger partial charge on any atom is 0.176 e. The molecule has 0 radical (unpaired) electrons. The molecule has 0 spiro atoms. The van der Waals surface area contributed by atoms with Gasteiger partial charge in [-0.3, -0.25) is 0 Å². The van der Waals surface area contributed by atoms with E-state index in [-0.39, 0.29) is 10.3 Å². The van der Waals surface area contributed by atoms with E-state index in [1.54, 1.807) is 26.8 Å². The third-order valence-corrected chi connectivity index (χ3v) is 4.63. The van der Waals surface area contributed by atoms with Crippen LogP contribution in [0.25, 0.3) is 5.57 Å². The Bertz CT molecular complexity index is 669. The van der Waals surface area contributed by atoms with Crippen molar-refractivity contribution in [2.24, 2.45) is 0 Å². The Morgan fingerprint density at radius 3 is 1.90 bits per heavy atom. The zero-order valence-electron chi connectivity index (χ0n) is 14.0. The minimum Gasteiger partial charge on any atom is -0.386 e. The molecule has 4 heteroatoms. The number of sulfone groups is 1. The molecule has 0 atom stereocenters. The quantitative estimate of drug-likeness (QED) is 0.927. The number of hydrogen-bond donors (Lipinski definition) is 1. The molecular weight excluding hydrogens is 284 g/mol. The van der Waals surface area contributed by atoms with Crippen molar-refractivity contribution in [3.8, 4) is 0 Å². The van der Waals surface area contributed by atoms with Crippen LogP contribution in [0.4, 0.5) is 0 Å². The SMILES string of the molecule is C=C(C)c1cc(C(C)(C)C)cc(C(C)(C)O)c1S(C)(=O)=O. The van der Waals surface area contributed by atoms with Crippen molar-refractivity contribution in [3.63, 3.8) is 0 Å². The summed E-state index contributed by atoms with van der Waals surface area (Å²) in [6.07, 6.45) is 1.17. The second kappa shape index (κ2) is 5.25. The summed E-state index contributed by atoms with van der Waals surface area (Å²) in [5.41, 5.74) is 1.26. The molecule has 0 fully saturated rings. The van der Waals surface area contributed by atoms with Crippen molar-refractivity contribution in [3.05, 3.63) is 35.4 Å². The van der Waals surface area contributed by atoms with Gasteiger partial charge in [-0.25, -0.2) is 8.42 Å². The van der Waals surface area contributed by atoms with Crippen LogP contribution in [0.1, 0.15) is 58.2 Å². The Balaban J connectivity index is 3.99. The van der Waals surface area contributed by atoms with Gasteiger partial charge in [-0.1, -0.05) is 33.4 Å². The van der Waals surface area contributed by atoms with E-state index >= 15 is 0 Å². The number of allylic oxidation sites excluding steroid dienone is 1. The van der Waals surface area contributed by atoms with E-state index in [2.05, 4.69) is 27.4 Å². The third-order valence-electron chi connectivity index (χ3n) is 3.44. The Morgan fingerprint density at radius 1 is 1.14 bits per heavy atom. The zero-order valence-corrected chi connectivity index (χ0v) is 14.9. The van der Waals surface area contributed by atoms with Gasteiger partial charge >= 0.3 is 0 Å². The second-order valence-corrected chi connectivity index (χ2v) is 9.21. The van der Waals surface area contributed by atoms with Crippen LogP contribution in [0.2, 0.25) is 0 Å². The first-order valence-corrected chi connectivity index (χ1v) is 8.82. The lowest BCUT2D eigenvalue weighted by Crippen LogP contribution is -2.23. The fraction of sp³-hybridized carbons (Fsp3) is 0.529. The average molecular weight is 310 g/mol. The first kappa shape index (κ1) is 17.9. The summed E-state index contributed by atoms with van der Waals surface area (Å²) in [7, 11) is -3.48. The molecule has 1 rings (SSSR count). The molecular formula is C17H26O3S. The zero-order chi connectivity index (χ0) is 16.8. The molecule has 0 aliphatic carbocycles. The Morgan fingerprint density at radius 2 is 1.62 bits per heavy atom. The second-order valence-electron chi connectivity index (χ2n) is 7.26. The van der Waals surface area contributed by atoms with Gasteiger partial charge in [-0.05, 0) is 49.0 Å². The first-order valence-electron chi connectivity index (χ1n) is 6.93. The Kier molecular flexibility index (Phi) is 4.48. The third kappa shape index (κ3) is 3.95. The van der Waals surface area contributed by atoms with Gasteiger partial charge in [-0.2, -0.15) is 0 Å². The fourth-order valence-electron chi connectivity index (χ4n) is 2.23. The smallest absolute Gasteiger partial charge is 0.176 e. The number of hydrogen-bond acceptors (Lipinski definition) is 3. The molecule has 0 amide bonds. The maximum absolute atomic E-state index is 12.2. The van der Waals surface area contributed by atoms with E-state index in [0.29, 0.717) is 16.7 Å². The largest absolute Gasteiger partial charge is 0.386 e. The number of rotatable bonds is 3. The molecule has 21 heavy (non-hydrogen) atoms. The molecule has 0 heterocycles. The highest BCUT2D eigenvalue weighted by Crippen LogP contribution is 2.37. The summed E-state index contributed by atoms with van der Waals surface area (Å²) in [4.78, 5) is 0.176. The molecule has 0 unspecified atom stereocenters. The summed E-state index contributed by atoms with van der Waals surface area (Å²) in [5, 5.41) is 10.4. The first-order chi connectivity index (χ1) is 9.15. The molecule has 1 N–H and O–H groups in total. The molecule has 0 saturated heterocycles. The Hall–Kier alpha value is -1.13. The summed E-state index contributed by atoms with van der Waals surface area (Å²) >= 11 is 0. The van der Waals surface area contributed by atoms with Crippen LogP contribution in [0.5, 0.6) is 0 Å². The van der Waals surface area contributed by atoms with Gasteiger partial charge in [-0.15, -0.1) is 0 Å². The summed E-state index contributed by atoms with van der Waals surface area (Å²) in [6, 6.07) is 3.66. The summed E-state index contributed by atoms with van der Waals surface area (Å²) in [6.45, 7) is 15.1. The van der Waals surface area contributed by atoms with Crippen LogP contribution in [0.15, 0.2) is 23.6 Å². The fourth-order valence-corrected chi connectivity index (χ4v) is 3.57. The summed E-state index contributed by atoms with van der Waals surface area (Å²) in [5.74, 6) is 0. The summed E-state index contributed by atoms with van der Waals surface area (Å²) < 4.78 is 24.5. The van der Waals surface area contributed by atoms with Gasteiger partial charge in [0, 0.05) is 11.8 Å². The van der Waals surface area contributed by atoms with Crippen molar-refractivity contribution >= 4 is 15.4 Å². The number of benzene rings is 1. The van der Waals surface area contributed by atoms with Crippen LogP contribution in [-0.4, -0.2) is 19.8 Å². The lowest BCUT2D eigenvalue weighted by atomic mass is 9.82. The van der Waals surface area contributed by atoms with Gasteiger partial charge in [0.2, 0.25) is 0 Å². The molecule has 1 aromatic rings. The monoisotopic (exact) mass is 310 g/mol. The van der Waals surface area contributed by atoms with Crippen LogP contribution < -0.4 is 0 Å². The predicted molar refractivity (Wildman–Crippen MR) is 88.2 cm³/mol. The molecule has 0 bridgehead atoms. The van der Waals surface area contributed by atoms with E-state index in [1.807, 2.05) is 6.07 Å². The van der Waals surface area contributed by atoms with Gasteiger partial charge in [0.1, 0.15) is 0 Å². The lowest BCUT2D eigenvalue weighted by molar-refractivity contribution is 0.0753. The molecule has 3 nitrogen and oxygen atoms in total. The molecule has 118 valence electrons. The molecule has 0 saturated carbocycles. The van der Waals surface area contributed by atoms with Crippen LogP contribution in [0, 0.1) is 0 Å². The van der Waals surface area contributed by atoms with E-state index in [0.717, 1.165) is 5.56 Å². The number of aliphatic hydroxyl groups is 1. The maximum atomic E-state index is 12.2. The molecule has 0 aliphatic heterocycles. The van der Waals surface area contributed by atoms with Gasteiger partial charge in [0.25, 0.3) is 0 Å². The normalized spacial score (nSPS) is 13.3. The van der Waals surface area contributed by atoms with Crippen molar-refractivity contribution in [1.29, 1.82) is 0 Å². The van der Waals surface area contributed by atoms with Crippen LogP contribution >= 0.6 is 0 Å². The predicted octanol–water partition coefficient (Wildman–Crippen LogP) is 3.65. The van der Waals surface area contributed by atoms with Crippen molar-refractivity contribution < 1.29 is 13.5 Å². The van der Waals surface area contributed by atoms with Crippen molar-refractivity contribution in [2.45, 2.75) is 57.5 Å². The van der Waals surface area contributed by atoms with Gasteiger partial charge < -0.3 is 5.11 Å². The average Bonchev–Trinajstić information content (AvgIpc) is 2.23. The van der Waals surface area contributed by atoms with Gasteiger partial charge in [0.15, 0.2) is 9.84 Å². The van der Waals surface area contributed by atoms with Crippen LogP contribution in [-0.2, 0) is 20.9 Å². The standard InChI is InChI=1S/C17H26O3S/c1-11(2)13-9-12(16(3,4)5)10-14(17(6,7)18)15(13)21(8,19)20/h9-10,18H,1H2,2-8H3.